The van der Waals surface area contributed by atoms with Gasteiger partial charge in [-0.25, -0.2) is 0 Å². The van der Waals surface area contributed by atoms with Gasteiger partial charge in [-0.3, -0.25) is 0 Å². The predicted octanol–water partition coefficient (Wildman–Crippen LogP) is 4.65. The maximum atomic E-state index is 3.73. The smallest absolute Gasteiger partial charge is 0.0103 e. The van der Waals surface area contributed by atoms with Crippen molar-refractivity contribution in [2.45, 2.75) is 46.5 Å². The van der Waals surface area contributed by atoms with Gasteiger partial charge in [0.25, 0.3) is 0 Å². The average Bonchev–Trinajstić information content (AvgIpc) is 2.09. The van der Waals surface area contributed by atoms with Crippen molar-refractivity contribution in [3.05, 3.63) is 36.0 Å². The maximum Gasteiger partial charge on any atom is -0.0103 e. The van der Waals surface area contributed by atoms with Crippen molar-refractivity contribution < 1.29 is 0 Å². The average molecular weight is 190 g/mol. The lowest BCUT2D eigenvalue weighted by Gasteiger charge is -2.32. The van der Waals surface area contributed by atoms with Crippen molar-refractivity contribution in [3.63, 3.8) is 0 Å². The molecule has 1 aliphatic carbocycles. The summed E-state index contributed by atoms with van der Waals surface area (Å²) in [7, 11) is 0. The van der Waals surface area contributed by atoms with Gasteiger partial charge in [0, 0.05) is 0 Å². The van der Waals surface area contributed by atoms with Crippen LogP contribution in [0.3, 0.4) is 0 Å². The van der Waals surface area contributed by atoms with Gasteiger partial charge in [-0.1, -0.05) is 49.8 Å². The first-order valence-corrected chi connectivity index (χ1v) is 5.54. The third-order valence-corrected chi connectivity index (χ3v) is 3.14. The molecule has 0 aromatic rings. The fraction of sp³-hybridized carbons (Fsp3) is 0.571. The zero-order valence-corrected chi connectivity index (χ0v) is 9.77. The summed E-state index contributed by atoms with van der Waals surface area (Å²) >= 11 is 0. The molecule has 78 valence electrons. The number of hydrogen-bond acceptors (Lipinski definition) is 0. The summed E-state index contributed by atoms with van der Waals surface area (Å²) in [4.78, 5) is 0. The van der Waals surface area contributed by atoms with Crippen LogP contribution >= 0.6 is 0 Å². The molecule has 0 N–H and O–H groups in total. The van der Waals surface area contributed by atoms with Gasteiger partial charge < -0.3 is 0 Å². The summed E-state index contributed by atoms with van der Waals surface area (Å²) in [6, 6.07) is 0. The quantitative estimate of drug-likeness (QED) is 0.449. The van der Waals surface area contributed by atoms with Gasteiger partial charge in [0.2, 0.25) is 0 Å². The topological polar surface area (TPSA) is 0 Å². The Kier molecular flexibility index (Phi) is 3.74. The monoisotopic (exact) mass is 190 g/mol. The van der Waals surface area contributed by atoms with Gasteiger partial charge in [0.1, 0.15) is 0 Å². The molecule has 0 heteroatoms. The van der Waals surface area contributed by atoms with Gasteiger partial charge in [-0.15, -0.1) is 0 Å². The summed E-state index contributed by atoms with van der Waals surface area (Å²) < 4.78 is 0. The van der Waals surface area contributed by atoms with Gasteiger partial charge in [-0.05, 0) is 38.0 Å². The van der Waals surface area contributed by atoms with Crippen LogP contribution in [0.5, 0.6) is 0 Å². The molecule has 0 aromatic heterocycles. The molecule has 0 heterocycles. The highest BCUT2D eigenvalue weighted by Crippen LogP contribution is 2.39. The Labute approximate surface area is 88.4 Å². The molecular weight excluding hydrogens is 168 g/mol. The van der Waals surface area contributed by atoms with E-state index in [2.05, 4.69) is 39.5 Å². The van der Waals surface area contributed by atoms with Crippen molar-refractivity contribution in [1.82, 2.24) is 0 Å². The van der Waals surface area contributed by atoms with Crippen molar-refractivity contribution in [2.24, 2.45) is 5.41 Å². The maximum absolute atomic E-state index is 3.73. The van der Waals surface area contributed by atoms with E-state index in [0.717, 1.165) is 6.42 Å². The van der Waals surface area contributed by atoms with E-state index < -0.39 is 0 Å². The summed E-state index contributed by atoms with van der Waals surface area (Å²) in [5, 5.41) is 0. The van der Waals surface area contributed by atoms with Crippen LogP contribution in [0.4, 0.5) is 0 Å². The van der Waals surface area contributed by atoms with Crippen LogP contribution in [-0.2, 0) is 0 Å². The molecule has 0 amide bonds. The lowest BCUT2D eigenvalue weighted by Crippen LogP contribution is -2.18. The number of hydrogen-bond donors (Lipinski definition) is 0. The van der Waals surface area contributed by atoms with Gasteiger partial charge in [-0.2, -0.15) is 0 Å². The largest absolute Gasteiger partial charge is 0.0991 e. The van der Waals surface area contributed by atoms with Gasteiger partial charge >= 0.3 is 0 Å². The van der Waals surface area contributed by atoms with Crippen molar-refractivity contribution in [2.75, 3.05) is 0 Å². The molecule has 1 aliphatic rings. The third kappa shape index (κ3) is 2.87. The van der Waals surface area contributed by atoms with Crippen LogP contribution in [-0.4, -0.2) is 0 Å². The first-order valence-electron chi connectivity index (χ1n) is 5.54. The van der Waals surface area contributed by atoms with E-state index in [0.29, 0.717) is 5.41 Å². The van der Waals surface area contributed by atoms with E-state index >= 15 is 0 Å². The van der Waals surface area contributed by atoms with E-state index in [1.807, 2.05) is 6.08 Å². The first-order chi connectivity index (χ1) is 6.56. The minimum Gasteiger partial charge on any atom is -0.0991 e. The predicted molar refractivity (Wildman–Crippen MR) is 64.3 cm³/mol. The molecule has 0 atom stereocenters. The van der Waals surface area contributed by atoms with Gasteiger partial charge in [0.05, 0.1) is 0 Å². The second kappa shape index (κ2) is 4.63. The number of rotatable bonds is 3. The molecule has 1 rings (SSSR count). The standard InChI is InChI=1S/C14H22/c1-5-8-12(2)11-13-9-6-7-10-14(13,3)4/h5,8-9H,1,6-7,10-11H2,2-4H3. The third-order valence-electron chi connectivity index (χ3n) is 3.14. The minimum absolute atomic E-state index is 0.411. The zero-order valence-electron chi connectivity index (χ0n) is 9.77. The fourth-order valence-electron chi connectivity index (χ4n) is 2.13. The molecule has 0 aromatic carbocycles. The SMILES string of the molecule is C=CC=C(C)CC1=CCCCC1(C)C. The van der Waals surface area contributed by atoms with Crippen LogP contribution < -0.4 is 0 Å². The fourth-order valence-corrected chi connectivity index (χ4v) is 2.13. The van der Waals surface area contributed by atoms with Crippen LogP contribution in [0.25, 0.3) is 0 Å². The second-order valence-corrected chi connectivity index (χ2v) is 4.93. The van der Waals surface area contributed by atoms with Crippen molar-refractivity contribution in [3.8, 4) is 0 Å². The Morgan fingerprint density at radius 1 is 1.57 bits per heavy atom. The second-order valence-electron chi connectivity index (χ2n) is 4.93. The van der Waals surface area contributed by atoms with E-state index in [4.69, 9.17) is 0 Å². The molecule has 0 radical (unpaired) electrons. The first kappa shape index (κ1) is 11.3. The van der Waals surface area contributed by atoms with E-state index in [1.54, 1.807) is 5.57 Å². The van der Waals surface area contributed by atoms with Crippen LogP contribution in [0.15, 0.2) is 36.0 Å². The molecule has 0 spiro atoms. The molecule has 0 saturated heterocycles. The van der Waals surface area contributed by atoms with E-state index in [1.165, 1.54) is 24.8 Å². The zero-order chi connectivity index (χ0) is 10.6. The highest BCUT2D eigenvalue weighted by atomic mass is 14.3. The number of allylic oxidation sites excluding steroid dienone is 5. The molecule has 0 fully saturated rings. The normalized spacial score (nSPS) is 21.6. The molecule has 0 nitrogen and oxygen atoms in total. The molecule has 0 unspecified atom stereocenters. The Hall–Kier alpha value is -0.780. The Morgan fingerprint density at radius 3 is 2.86 bits per heavy atom. The summed E-state index contributed by atoms with van der Waals surface area (Å²) in [5.74, 6) is 0. The molecule has 0 aliphatic heterocycles. The Morgan fingerprint density at radius 2 is 2.29 bits per heavy atom. The summed E-state index contributed by atoms with van der Waals surface area (Å²) in [6.45, 7) is 10.6. The van der Waals surface area contributed by atoms with Crippen LogP contribution in [0.1, 0.15) is 46.5 Å². The lowest BCUT2D eigenvalue weighted by molar-refractivity contribution is 0.368. The highest BCUT2D eigenvalue weighted by molar-refractivity contribution is 5.23. The van der Waals surface area contributed by atoms with Crippen molar-refractivity contribution in [1.29, 1.82) is 0 Å². The molecule has 0 bridgehead atoms. The summed E-state index contributed by atoms with van der Waals surface area (Å²) in [5.41, 5.74) is 3.44. The Balaban J connectivity index is 2.72. The van der Waals surface area contributed by atoms with Crippen LogP contribution in [0, 0.1) is 5.41 Å². The highest BCUT2D eigenvalue weighted by Gasteiger charge is 2.24. The lowest BCUT2D eigenvalue weighted by atomic mass is 9.73. The van der Waals surface area contributed by atoms with E-state index in [9.17, 15) is 0 Å². The Bertz CT molecular complexity index is 264. The van der Waals surface area contributed by atoms with E-state index in [-0.39, 0.29) is 0 Å². The minimum atomic E-state index is 0.411. The summed E-state index contributed by atoms with van der Waals surface area (Å²) in [6.07, 6.45) is 11.5. The molecular formula is C14H22. The molecule has 14 heavy (non-hydrogen) atoms. The van der Waals surface area contributed by atoms with Crippen LogP contribution in [0.2, 0.25) is 0 Å². The van der Waals surface area contributed by atoms with Crippen molar-refractivity contribution >= 4 is 0 Å². The van der Waals surface area contributed by atoms with Gasteiger partial charge in [0.15, 0.2) is 0 Å². The molecule has 0 saturated carbocycles.